The second-order valence-corrected chi connectivity index (χ2v) is 6.45. The maximum Gasteiger partial charge on any atom is 0.228 e. The average molecular weight is 268 g/mol. The van der Waals surface area contributed by atoms with E-state index >= 15 is 0 Å². The normalized spacial score (nSPS) is 17.3. The highest BCUT2D eigenvalue weighted by molar-refractivity contribution is 7.91. The number of aryl methyl sites for hydroxylation is 1. The molecule has 1 aliphatic rings. The Labute approximate surface area is 107 Å². The van der Waals surface area contributed by atoms with Gasteiger partial charge in [-0.1, -0.05) is 6.07 Å². The van der Waals surface area contributed by atoms with E-state index < -0.39 is 9.84 Å². The number of nitrogens with zero attached hydrogens (tertiary/aromatic N) is 1. The summed E-state index contributed by atoms with van der Waals surface area (Å²) in [5.74, 6) is -0.155. The third-order valence-corrected chi connectivity index (χ3v) is 4.70. The Balaban J connectivity index is 2.50. The minimum atomic E-state index is -3.27. The van der Waals surface area contributed by atoms with Crippen LogP contribution in [-0.2, 0) is 14.6 Å². The van der Waals surface area contributed by atoms with Crippen molar-refractivity contribution in [2.24, 2.45) is 5.73 Å². The predicted octanol–water partition coefficient (Wildman–Crippen LogP) is 0.464. The summed E-state index contributed by atoms with van der Waals surface area (Å²) in [6.45, 7) is 2.30. The van der Waals surface area contributed by atoms with Crippen LogP contribution in [0.2, 0.25) is 0 Å². The fourth-order valence-electron chi connectivity index (χ4n) is 2.05. The van der Waals surface area contributed by atoms with Gasteiger partial charge in [0.2, 0.25) is 5.91 Å². The molecule has 0 aromatic heterocycles. The van der Waals surface area contributed by atoms with Crippen LogP contribution in [-0.4, -0.2) is 33.2 Å². The van der Waals surface area contributed by atoms with Crippen molar-refractivity contribution in [3.63, 3.8) is 0 Å². The van der Waals surface area contributed by atoms with E-state index in [4.69, 9.17) is 5.73 Å². The SMILES string of the molecule is Cc1ccc2c(c1)S(=O)(=O)CCN2C(=O)CCN. The Bertz CT molecular complexity index is 581. The number of carbonyl (C=O) groups is 1. The molecule has 1 heterocycles. The first-order valence-corrected chi connectivity index (χ1v) is 7.45. The molecule has 1 aliphatic heterocycles. The second-order valence-electron chi connectivity index (χ2n) is 4.37. The highest BCUT2D eigenvalue weighted by Gasteiger charge is 2.31. The number of sulfone groups is 1. The lowest BCUT2D eigenvalue weighted by Gasteiger charge is -2.29. The van der Waals surface area contributed by atoms with Crippen LogP contribution in [0.5, 0.6) is 0 Å². The lowest BCUT2D eigenvalue weighted by Crippen LogP contribution is -2.40. The highest BCUT2D eigenvalue weighted by atomic mass is 32.2. The van der Waals surface area contributed by atoms with E-state index in [-0.39, 0.29) is 36.1 Å². The lowest BCUT2D eigenvalue weighted by atomic mass is 10.2. The summed E-state index contributed by atoms with van der Waals surface area (Å²) in [4.78, 5) is 13.7. The van der Waals surface area contributed by atoms with Gasteiger partial charge in [-0.25, -0.2) is 8.42 Å². The first kappa shape index (κ1) is 13.0. The van der Waals surface area contributed by atoms with Gasteiger partial charge in [0.05, 0.1) is 16.3 Å². The molecule has 1 aromatic rings. The first-order chi connectivity index (χ1) is 8.45. The van der Waals surface area contributed by atoms with E-state index in [9.17, 15) is 13.2 Å². The Morgan fingerprint density at radius 2 is 2.17 bits per heavy atom. The molecule has 0 radical (unpaired) electrons. The molecule has 0 saturated heterocycles. The molecule has 1 aromatic carbocycles. The molecule has 18 heavy (non-hydrogen) atoms. The zero-order valence-corrected chi connectivity index (χ0v) is 11.0. The van der Waals surface area contributed by atoms with Gasteiger partial charge in [0.15, 0.2) is 9.84 Å². The predicted molar refractivity (Wildman–Crippen MR) is 69.3 cm³/mol. The van der Waals surface area contributed by atoms with Crippen molar-refractivity contribution in [1.29, 1.82) is 0 Å². The third-order valence-electron chi connectivity index (χ3n) is 2.98. The average Bonchev–Trinajstić information content (AvgIpc) is 2.30. The minimum absolute atomic E-state index is 0.0280. The van der Waals surface area contributed by atoms with E-state index in [1.54, 1.807) is 12.1 Å². The molecule has 0 spiro atoms. The zero-order valence-electron chi connectivity index (χ0n) is 10.2. The molecule has 0 unspecified atom stereocenters. The van der Waals surface area contributed by atoms with Crippen LogP contribution in [0.15, 0.2) is 23.1 Å². The van der Waals surface area contributed by atoms with Crippen molar-refractivity contribution in [3.8, 4) is 0 Å². The third kappa shape index (κ3) is 2.26. The Hall–Kier alpha value is -1.40. The van der Waals surface area contributed by atoms with Crippen LogP contribution in [0.3, 0.4) is 0 Å². The standard InChI is InChI=1S/C12H16N2O3S/c1-9-2-3-10-11(8-9)18(16,17)7-6-14(10)12(15)4-5-13/h2-3,8H,4-7,13H2,1H3. The summed E-state index contributed by atoms with van der Waals surface area (Å²) < 4.78 is 24.0. The zero-order chi connectivity index (χ0) is 13.3. The van der Waals surface area contributed by atoms with Crippen molar-refractivity contribution in [1.82, 2.24) is 0 Å². The van der Waals surface area contributed by atoms with E-state index in [0.717, 1.165) is 5.56 Å². The van der Waals surface area contributed by atoms with Gasteiger partial charge in [-0.2, -0.15) is 0 Å². The molecule has 0 aliphatic carbocycles. The monoisotopic (exact) mass is 268 g/mol. The Morgan fingerprint density at radius 3 is 2.83 bits per heavy atom. The Morgan fingerprint density at radius 1 is 1.44 bits per heavy atom. The molecule has 6 heteroatoms. The molecule has 2 N–H and O–H groups in total. The minimum Gasteiger partial charge on any atom is -0.330 e. The maximum atomic E-state index is 12.0. The number of nitrogens with two attached hydrogens (primary N) is 1. The number of benzene rings is 1. The quantitative estimate of drug-likeness (QED) is 0.845. The van der Waals surface area contributed by atoms with Crippen molar-refractivity contribution in [3.05, 3.63) is 23.8 Å². The number of rotatable bonds is 2. The van der Waals surface area contributed by atoms with Gasteiger partial charge in [0.1, 0.15) is 0 Å². The molecule has 0 atom stereocenters. The van der Waals surface area contributed by atoms with Gasteiger partial charge in [-0.15, -0.1) is 0 Å². The van der Waals surface area contributed by atoms with Crippen molar-refractivity contribution < 1.29 is 13.2 Å². The van der Waals surface area contributed by atoms with Crippen LogP contribution < -0.4 is 10.6 Å². The summed E-state index contributed by atoms with van der Waals surface area (Å²) >= 11 is 0. The molecular weight excluding hydrogens is 252 g/mol. The van der Waals surface area contributed by atoms with Crippen LogP contribution in [0, 0.1) is 6.92 Å². The topological polar surface area (TPSA) is 80.5 Å². The van der Waals surface area contributed by atoms with Crippen molar-refractivity contribution in [2.45, 2.75) is 18.2 Å². The lowest BCUT2D eigenvalue weighted by molar-refractivity contribution is -0.118. The first-order valence-electron chi connectivity index (χ1n) is 5.79. The maximum absolute atomic E-state index is 12.0. The largest absolute Gasteiger partial charge is 0.330 e. The summed E-state index contributed by atoms with van der Waals surface area (Å²) in [6.07, 6.45) is 0.230. The number of hydrogen-bond donors (Lipinski definition) is 1. The van der Waals surface area contributed by atoms with Gasteiger partial charge >= 0.3 is 0 Å². The fraction of sp³-hybridized carbons (Fsp3) is 0.417. The van der Waals surface area contributed by atoms with Gasteiger partial charge in [0, 0.05) is 19.5 Å². The van der Waals surface area contributed by atoms with Crippen molar-refractivity contribution in [2.75, 3.05) is 23.7 Å². The van der Waals surface area contributed by atoms with E-state index in [0.29, 0.717) is 5.69 Å². The van der Waals surface area contributed by atoms with E-state index in [2.05, 4.69) is 0 Å². The summed E-state index contributed by atoms with van der Waals surface area (Å²) in [5, 5.41) is 0. The molecule has 0 fully saturated rings. The smallest absolute Gasteiger partial charge is 0.228 e. The van der Waals surface area contributed by atoms with Crippen LogP contribution in [0.1, 0.15) is 12.0 Å². The summed E-state index contributed by atoms with van der Waals surface area (Å²) in [5.41, 5.74) is 6.71. The van der Waals surface area contributed by atoms with Gasteiger partial charge in [0.25, 0.3) is 0 Å². The number of amides is 1. The number of anilines is 1. The molecule has 1 amide bonds. The fourth-order valence-corrected chi connectivity index (χ4v) is 3.56. The summed E-state index contributed by atoms with van der Waals surface area (Å²) in [6, 6.07) is 5.12. The molecule has 98 valence electrons. The Kier molecular flexibility index (Phi) is 3.41. The molecule has 0 bridgehead atoms. The molecule has 2 rings (SSSR count). The van der Waals surface area contributed by atoms with E-state index in [1.807, 2.05) is 13.0 Å². The number of carbonyl (C=O) groups excluding carboxylic acids is 1. The second kappa shape index (κ2) is 4.70. The number of fused-ring (bicyclic) bond motifs is 1. The molecule has 0 saturated carbocycles. The van der Waals surface area contributed by atoms with Crippen molar-refractivity contribution >= 4 is 21.4 Å². The summed E-state index contributed by atoms with van der Waals surface area (Å²) in [7, 11) is -3.27. The van der Waals surface area contributed by atoms with Crippen LogP contribution in [0.4, 0.5) is 5.69 Å². The van der Waals surface area contributed by atoms with Gasteiger partial charge < -0.3 is 10.6 Å². The molecular formula is C12H16N2O3S. The van der Waals surface area contributed by atoms with E-state index in [1.165, 1.54) is 4.90 Å². The highest BCUT2D eigenvalue weighted by Crippen LogP contribution is 2.31. The van der Waals surface area contributed by atoms with Crippen LogP contribution in [0.25, 0.3) is 0 Å². The number of hydrogen-bond acceptors (Lipinski definition) is 4. The van der Waals surface area contributed by atoms with Crippen LogP contribution >= 0.6 is 0 Å². The van der Waals surface area contributed by atoms with Gasteiger partial charge in [-0.05, 0) is 24.6 Å². The van der Waals surface area contributed by atoms with Gasteiger partial charge in [-0.3, -0.25) is 4.79 Å². The molecule has 5 nitrogen and oxygen atoms in total.